The van der Waals surface area contributed by atoms with Crippen molar-refractivity contribution < 1.29 is 9.47 Å². The Hall–Kier alpha value is -3.13. The van der Waals surface area contributed by atoms with E-state index in [1.807, 2.05) is 38.1 Å². The van der Waals surface area contributed by atoms with Crippen molar-refractivity contribution in [3.63, 3.8) is 0 Å². The van der Waals surface area contributed by atoms with Crippen LogP contribution in [0.4, 0.5) is 10.9 Å². The molecule has 0 aliphatic heterocycles. The SMILES string of the molecule is CC.COc1cc(-c2ccc3nc(Nc4ccn[nH]4)sc3c2)cnc1OC. The molecule has 0 saturated heterocycles. The number of pyridine rings is 1. The highest BCUT2D eigenvalue weighted by atomic mass is 32.1. The molecule has 4 rings (SSSR count). The summed E-state index contributed by atoms with van der Waals surface area (Å²) in [6.45, 7) is 4.00. The molecule has 0 aliphatic carbocycles. The summed E-state index contributed by atoms with van der Waals surface area (Å²) in [6, 6.07) is 9.87. The molecule has 0 unspecified atom stereocenters. The third-order valence-electron chi connectivity index (χ3n) is 3.70. The van der Waals surface area contributed by atoms with E-state index in [-0.39, 0.29) is 0 Å². The largest absolute Gasteiger partial charge is 0.491 e. The van der Waals surface area contributed by atoms with Gasteiger partial charge >= 0.3 is 0 Å². The molecule has 2 N–H and O–H groups in total. The summed E-state index contributed by atoms with van der Waals surface area (Å²) in [4.78, 5) is 8.88. The zero-order valence-electron chi connectivity index (χ0n) is 15.6. The summed E-state index contributed by atoms with van der Waals surface area (Å²) >= 11 is 1.58. The Bertz CT molecular complexity index is 1010. The average Bonchev–Trinajstić information content (AvgIpc) is 3.37. The van der Waals surface area contributed by atoms with Gasteiger partial charge in [-0.15, -0.1) is 0 Å². The van der Waals surface area contributed by atoms with Gasteiger partial charge in [0.25, 0.3) is 5.88 Å². The second-order valence-corrected chi connectivity index (χ2v) is 6.26. The molecule has 1 aromatic carbocycles. The number of nitrogens with zero attached hydrogens (tertiary/aromatic N) is 3. The summed E-state index contributed by atoms with van der Waals surface area (Å²) in [5.41, 5.74) is 2.93. The number of thiazole rings is 1. The van der Waals surface area contributed by atoms with Gasteiger partial charge in [0.1, 0.15) is 5.82 Å². The molecule has 7 nitrogen and oxygen atoms in total. The number of nitrogens with one attached hydrogen (secondary N) is 2. The quantitative estimate of drug-likeness (QED) is 0.511. The van der Waals surface area contributed by atoms with Crippen molar-refractivity contribution in [2.24, 2.45) is 0 Å². The minimum Gasteiger partial charge on any atom is -0.491 e. The van der Waals surface area contributed by atoms with Gasteiger partial charge in [0.2, 0.25) is 0 Å². The summed E-state index contributed by atoms with van der Waals surface area (Å²) in [5, 5.41) is 10.8. The number of methoxy groups -OCH3 is 2. The fourth-order valence-corrected chi connectivity index (χ4v) is 3.41. The van der Waals surface area contributed by atoms with E-state index in [1.165, 1.54) is 0 Å². The zero-order valence-corrected chi connectivity index (χ0v) is 16.4. The van der Waals surface area contributed by atoms with E-state index in [1.54, 1.807) is 38.0 Å². The van der Waals surface area contributed by atoms with Crippen molar-refractivity contribution in [3.8, 4) is 22.8 Å². The monoisotopic (exact) mass is 383 g/mol. The highest BCUT2D eigenvalue weighted by Gasteiger charge is 2.10. The number of aromatic amines is 1. The van der Waals surface area contributed by atoms with E-state index < -0.39 is 0 Å². The van der Waals surface area contributed by atoms with Crippen molar-refractivity contribution in [1.82, 2.24) is 20.2 Å². The topological polar surface area (TPSA) is 85.0 Å². The van der Waals surface area contributed by atoms with Gasteiger partial charge in [0.05, 0.1) is 30.6 Å². The van der Waals surface area contributed by atoms with Gasteiger partial charge in [-0.1, -0.05) is 31.3 Å². The molecule has 27 heavy (non-hydrogen) atoms. The fourth-order valence-electron chi connectivity index (χ4n) is 2.49. The van der Waals surface area contributed by atoms with Crippen molar-refractivity contribution in [2.75, 3.05) is 19.5 Å². The first-order valence-electron chi connectivity index (χ1n) is 8.52. The number of hydrogen-bond donors (Lipinski definition) is 2. The molecule has 0 atom stereocenters. The molecule has 3 heterocycles. The van der Waals surface area contributed by atoms with Crippen molar-refractivity contribution in [3.05, 3.63) is 42.7 Å². The van der Waals surface area contributed by atoms with Crippen LogP contribution in [0, 0.1) is 0 Å². The molecule has 0 aliphatic rings. The molecule has 0 amide bonds. The number of ether oxygens (including phenoxy) is 2. The van der Waals surface area contributed by atoms with Gasteiger partial charge in [-0.3, -0.25) is 5.10 Å². The maximum atomic E-state index is 5.33. The number of rotatable bonds is 5. The Morgan fingerprint density at radius 1 is 1.04 bits per heavy atom. The van der Waals surface area contributed by atoms with Crippen LogP contribution in [0.25, 0.3) is 21.3 Å². The molecule has 0 fully saturated rings. The molecule has 140 valence electrons. The van der Waals surface area contributed by atoms with Crippen molar-refractivity contribution >= 4 is 32.5 Å². The summed E-state index contributed by atoms with van der Waals surface area (Å²) in [6.07, 6.45) is 3.46. The van der Waals surface area contributed by atoms with E-state index >= 15 is 0 Å². The second-order valence-electron chi connectivity index (χ2n) is 5.23. The number of benzene rings is 1. The van der Waals surface area contributed by atoms with Crippen LogP contribution in [0.2, 0.25) is 0 Å². The van der Waals surface area contributed by atoms with Crippen molar-refractivity contribution in [1.29, 1.82) is 0 Å². The predicted octanol–water partition coefficient (Wildman–Crippen LogP) is 4.87. The number of hydrogen-bond acceptors (Lipinski definition) is 7. The Morgan fingerprint density at radius 2 is 1.89 bits per heavy atom. The van der Waals surface area contributed by atoms with Crippen LogP contribution in [-0.2, 0) is 0 Å². The van der Waals surface area contributed by atoms with Gasteiger partial charge in [-0.2, -0.15) is 5.10 Å². The Balaban J connectivity index is 0.00000102. The molecular formula is C19H21N5O2S. The molecule has 4 aromatic rings. The zero-order chi connectivity index (χ0) is 19.2. The van der Waals surface area contributed by atoms with E-state index in [0.29, 0.717) is 11.6 Å². The van der Waals surface area contributed by atoms with Crippen LogP contribution in [0.3, 0.4) is 0 Å². The lowest BCUT2D eigenvalue weighted by molar-refractivity contribution is 0.343. The lowest BCUT2D eigenvalue weighted by Gasteiger charge is -2.08. The van der Waals surface area contributed by atoms with Crippen LogP contribution in [0.1, 0.15) is 13.8 Å². The summed E-state index contributed by atoms with van der Waals surface area (Å²) in [5.74, 6) is 1.88. The Kier molecular flexibility index (Phi) is 5.87. The highest BCUT2D eigenvalue weighted by Crippen LogP contribution is 2.34. The molecular weight excluding hydrogens is 362 g/mol. The van der Waals surface area contributed by atoms with Gasteiger partial charge in [0.15, 0.2) is 10.9 Å². The number of fused-ring (bicyclic) bond motifs is 1. The standard InChI is InChI=1S/C17H15N5O2S.C2H6/c1-23-13-7-11(9-18-16(13)24-2)10-3-4-12-14(8-10)25-17(20-12)21-15-5-6-19-22-15;1-2/h3-9H,1-2H3,(H2,19,20,21,22);1-2H3. The highest BCUT2D eigenvalue weighted by molar-refractivity contribution is 7.22. The predicted molar refractivity (Wildman–Crippen MR) is 109 cm³/mol. The van der Waals surface area contributed by atoms with Gasteiger partial charge in [-0.25, -0.2) is 9.97 Å². The molecule has 0 radical (unpaired) electrons. The third-order valence-corrected chi connectivity index (χ3v) is 4.63. The van der Waals surface area contributed by atoms with Crippen LogP contribution in [0.5, 0.6) is 11.6 Å². The Labute approximate surface area is 161 Å². The normalized spacial score (nSPS) is 10.2. The van der Waals surface area contributed by atoms with Crippen LogP contribution < -0.4 is 14.8 Å². The minimum absolute atomic E-state index is 0.469. The minimum atomic E-state index is 0.469. The summed E-state index contributed by atoms with van der Waals surface area (Å²) in [7, 11) is 3.17. The van der Waals surface area contributed by atoms with E-state index in [2.05, 4.69) is 31.5 Å². The van der Waals surface area contributed by atoms with Gasteiger partial charge < -0.3 is 14.8 Å². The number of aromatic nitrogens is 4. The van der Waals surface area contributed by atoms with E-state index in [9.17, 15) is 0 Å². The van der Waals surface area contributed by atoms with Crippen LogP contribution in [-0.4, -0.2) is 34.4 Å². The van der Waals surface area contributed by atoms with E-state index in [4.69, 9.17) is 9.47 Å². The summed E-state index contributed by atoms with van der Waals surface area (Å²) < 4.78 is 11.6. The fraction of sp³-hybridized carbons (Fsp3) is 0.211. The van der Waals surface area contributed by atoms with Gasteiger partial charge in [-0.05, 0) is 23.8 Å². The maximum absolute atomic E-state index is 5.33. The molecule has 0 saturated carbocycles. The number of anilines is 2. The molecule has 3 aromatic heterocycles. The first kappa shape index (κ1) is 18.7. The van der Waals surface area contributed by atoms with Crippen LogP contribution >= 0.6 is 11.3 Å². The first-order valence-corrected chi connectivity index (χ1v) is 9.34. The first-order chi connectivity index (χ1) is 13.3. The lowest BCUT2D eigenvalue weighted by atomic mass is 10.1. The third kappa shape index (κ3) is 4.01. The van der Waals surface area contributed by atoms with E-state index in [0.717, 1.165) is 32.3 Å². The maximum Gasteiger partial charge on any atom is 0.256 e. The molecule has 0 bridgehead atoms. The van der Waals surface area contributed by atoms with Gasteiger partial charge in [0, 0.05) is 17.8 Å². The smallest absolute Gasteiger partial charge is 0.256 e. The molecule has 0 spiro atoms. The number of H-pyrrole nitrogens is 1. The average molecular weight is 383 g/mol. The Morgan fingerprint density at radius 3 is 2.59 bits per heavy atom. The second kappa shape index (κ2) is 8.50. The lowest BCUT2D eigenvalue weighted by Crippen LogP contribution is -1.93. The molecule has 8 heteroatoms. The van der Waals surface area contributed by atoms with Crippen LogP contribution in [0.15, 0.2) is 42.7 Å². The van der Waals surface area contributed by atoms with Crippen molar-refractivity contribution in [2.45, 2.75) is 13.8 Å².